The molecule has 5 heteroatoms. The normalized spacial score (nSPS) is 12.6. The van der Waals surface area contributed by atoms with Gasteiger partial charge in [0.15, 0.2) is 11.0 Å². The van der Waals surface area contributed by atoms with Crippen molar-refractivity contribution in [3.63, 3.8) is 0 Å². The van der Waals surface area contributed by atoms with Crippen molar-refractivity contribution < 1.29 is 14.5 Å². The second kappa shape index (κ2) is 6.00. The van der Waals surface area contributed by atoms with E-state index in [2.05, 4.69) is 25.9 Å². The van der Waals surface area contributed by atoms with E-state index in [1.54, 1.807) is 6.92 Å². The highest BCUT2D eigenvalue weighted by atomic mass is 79.9. The lowest BCUT2D eigenvalue weighted by Crippen LogP contribution is -2.15. The molecule has 2 aromatic rings. The molecule has 1 aromatic carbocycles. The molecule has 2 N–H and O–H groups in total. The number of hydrogen-bond donors (Lipinski definition) is 1. The molecule has 2 rings (SSSR count). The summed E-state index contributed by atoms with van der Waals surface area (Å²) in [6.45, 7) is 2.20. The third kappa shape index (κ3) is 3.32. The van der Waals surface area contributed by atoms with E-state index < -0.39 is 0 Å². The van der Waals surface area contributed by atoms with Crippen LogP contribution in [-0.4, -0.2) is 22.4 Å². The molecule has 0 aliphatic rings. The van der Waals surface area contributed by atoms with Gasteiger partial charge in [-0.1, -0.05) is 28.1 Å². The molecule has 0 radical (unpaired) electrons. The number of carbonyl (C=O) groups excluding carboxylic acids is 1. The van der Waals surface area contributed by atoms with Crippen LogP contribution >= 0.6 is 15.9 Å². The Morgan fingerprint density at radius 3 is 3.00 bits per heavy atom. The highest BCUT2D eigenvalue weighted by Crippen LogP contribution is 2.07. The van der Waals surface area contributed by atoms with Crippen LogP contribution in [0.1, 0.15) is 19.2 Å². The van der Waals surface area contributed by atoms with Crippen LogP contribution < -0.4 is 4.98 Å². The van der Waals surface area contributed by atoms with Crippen molar-refractivity contribution in [3.05, 3.63) is 30.1 Å². The molecule has 0 saturated carbocycles. The third-order valence-electron chi connectivity index (χ3n) is 2.64. The number of imidazole rings is 1. The maximum atomic E-state index is 11.2. The van der Waals surface area contributed by atoms with Crippen LogP contribution in [0.4, 0.5) is 0 Å². The summed E-state index contributed by atoms with van der Waals surface area (Å²) >= 11 is 3.17. The van der Waals surface area contributed by atoms with Gasteiger partial charge in [-0.05, 0) is 25.5 Å². The van der Waals surface area contributed by atoms with Crippen molar-refractivity contribution in [1.82, 2.24) is 4.98 Å². The Hall–Kier alpha value is -1.36. The average Bonchev–Trinajstić information content (AvgIpc) is 2.76. The van der Waals surface area contributed by atoms with Crippen LogP contribution in [0, 0.1) is 0 Å². The molecule has 1 unspecified atom stereocenters. The number of benzene rings is 1. The standard InChI is InChI=1S/C13H15BrN2O2/c1-9(14)13(17)18-8-4-7-12-15-10-5-2-3-6-11(10)16-12/h2-3,5-6,9H,4,7-8H2,1H3,(H,15,16)/p+1. The summed E-state index contributed by atoms with van der Waals surface area (Å²) in [4.78, 5) is 17.6. The molecule has 0 saturated heterocycles. The van der Waals surface area contributed by atoms with Crippen LogP contribution in [0.15, 0.2) is 24.3 Å². The van der Waals surface area contributed by atoms with Crippen molar-refractivity contribution in [2.45, 2.75) is 24.6 Å². The van der Waals surface area contributed by atoms with Gasteiger partial charge in [-0.15, -0.1) is 0 Å². The van der Waals surface area contributed by atoms with E-state index in [9.17, 15) is 4.79 Å². The molecule has 1 heterocycles. The van der Waals surface area contributed by atoms with E-state index in [1.807, 2.05) is 24.3 Å². The predicted octanol–water partition coefficient (Wildman–Crippen LogP) is 2.24. The molecule has 0 aliphatic heterocycles. The van der Waals surface area contributed by atoms with E-state index in [-0.39, 0.29) is 10.8 Å². The molecular formula is C13H16BrN2O2+. The summed E-state index contributed by atoms with van der Waals surface area (Å²) in [6, 6.07) is 8.05. The van der Waals surface area contributed by atoms with Gasteiger partial charge in [0.2, 0.25) is 0 Å². The molecule has 18 heavy (non-hydrogen) atoms. The van der Waals surface area contributed by atoms with E-state index in [0.29, 0.717) is 6.61 Å². The van der Waals surface area contributed by atoms with Gasteiger partial charge in [0, 0.05) is 0 Å². The maximum absolute atomic E-state index is 11.2. The number of alkyl halides is 1. The fraction of sp³-hybridized carbons (Fsp3) is 0.385. The minimum Gasteiger partial charge on any atom is -0.465 e. The first-order valence-corrected chi connectivity index (χ1v) is 6.88. The molecule has 0 aliphatic carbocycles. The Kier molecular flexibility index (Phi) is 4.36. The zero-order valence-electron chi connectivity index (χ0n) is 10.2. The fourth-order valence-electron chi connectivity index (χ4n) is 1.72. The number of H-pyrrole nitrogens is 2. The van der Waals surface area contributed by atoms with Crippen molar-refractivity contribution in [1.29, 1.82) is 0 Å². The second-order valence-corrected chi connectivity index (χ2v) is 5.53. The molecular weight excluding hydrogens is 296 g/mol. The summed E-state index contributed by atoms with van der Waals surface area (Å²) in [5.41, 5.74) is 2.19. The quantitative estimate of drug-likeness (QED) is 0.523. The van der Waals surface area contributed by atoms with Crippen LogP contribution in [0.2, 0.25) is 0 Å². The smallest absolute Gasteiger partial charge is 0.319 e. The molecule has 0 spiro atoms. The highest BCUT2D eigenvalue weighted by molar-refractivity contribution is 9.10. The number of halogens is 1. The van der Waals surface area contributed by atoms with Gasteiger partial charge in [-0.25, -0.2) is 9.97 Å². The Labute approximate surface area is 114 Å². The molecule has 1 atom stereocenters. The summed E-state index contributed by atoms with van der Waals surface area (Å²) in [7, 11) is 0. The number of fused-ring (bicyclic) bond motifs is 1. The number of rotatable bonds is 5. The van der Waals surface area contributed by atoms with Crippen LogP contribution in [-0.2, 0) is 16.0 Å². The first-order chi connectivity index (χ1) is 8.66. The minimum atomic E-state index is -0.239. The predicted molar refractivity (Wildman–Crippen MR) is 72.5 cm³/mol. The molecule has 0 amide bonds. The van der Waals surface area contributed by atoms with E-state index >= 15 is 0 Å². The SMILES string of the molecule is CC(Br)C(=O)OCCCc1[nH]c2ccccc2[nH+]1. The van der Waals surface area contributed by atoms with Gasteiger partial charge in [-0.3, -0.25) is 4.79 Å². The van der Waals surface area contributed by atoms with E-state index in [1.165, 1.54) is 0 Å². The summed E-state index contributed by atoms with van der Waals surface area (Å²) in [5, 5.41) is 0. The summed E-state index contributed by atoms with van der Waals surface area (Å²) in [6.07, 6.45) is 1.63. The summed E-state index contributed by atoms with van der Waals surface area (Å²) < 4.78 is 5.09. The molecule has 96 valence electrons. The van der Waals surface area contributed by atoms with Gasteiger partial charge < -0.3 is 4.74 Å². The van der Waals surface area contributed by atoms with Crippen LogP contribution in [0.25, 0.3) is 11.0 Å². The Bertz CT molecular complexity index is 504. The fourth-order valence-corrected chi connectivity index (χ4v) is 1.85. The monoisotopic (exact) mass is 311 g/mol. The zero-order valence-corrected chi connectivity index (χ0v) is 11.8. The number of aromatic amines is 2. The number of esters is 1. The molecule has 4 nitrogen and oxygen atoms in total. The highest BCUT2D eigenvalue weighted by Gasteiger charge is 2.11. The summed E-state index contributed by atoms with van der Waals surface area (Å²) in [5.74, 6) is 0.842. The number of ether oxygens (including phenoxy) is 1. The number of nitrogens with one attached hydrogen (secondary N) is 2. The van der Waals surface area contributed by atoms with E-state index in [4.69, 9.17) is 4.74 Å². The first kappa shape index (κ1) is 13.1. The number of carbonyl (C=O) groups is 1. The van der Waals surface area contributed by atoms with Crippen molar-refractivity contribution in [2.75, 3.05) is 6.61 Å². The lowest BCUT2D eigenvalue weighted by Gasteiger charge is -2.04. The average molecular weight is 312 g/mol. The van der Waals surface area contributed by atoms with Crippen molar-refractivity contribution in [3.8, 4) is 0 Å². The zero-order chi connectivity index (χ0) is 13.0. The largest absolute Gasteiger partial charge is 0.465 e. The lowest BCUT2D eigenvalue weighted by molar-refractivity contribution is -0.358. The van der Waals surface area contributed by atoms with Gasteiger partial charge in [-0.2, -0.15) is 0 Å². The minimum absolute atomic E-state index is 0.212. The van der Waals surface area contributed by atoms with Gasteiger partial charge in [0.25, 0.3) is 5.82 Å². The number of para-hydroxylation sites is 2. The topological polar surface area (TPSA) is 56.2 Å². The maximum Gasteiger partial charge on any atom is 0.319 e. The lowest BCUT2D eigenvalue weighted by atomic mass is 10.3. The van der Waals surface area contributed by atoms with Crippen molar-refractivity contribution in [2.24, 2.45) is 0 Å². The Morgan fingerprint density at radius 1 is 1.50 bits per heavy atom. The van der Waals surface area contributed by atoms with Gasteiger partial charge in [0.1, 0.15) is 4.83 Å². The first-order valence-electron chi connectivity index (χ1n) is 5.96. The Balaban J connectivity index is 1.82. The molecule has 0 fully saturated rings. The molecule has 1 aromatic heterocycles. The number of hydrogen-bond acceptors (Lipinski definition) is 2. The van der Waals surface area contributed by atoms with E-state index in [0.717, 1.165) is 29.7 Å². The third-order valence-corrected chi connectivity index (χ3v) is 3.01. The van der Waals surface area contributed by atoms with Crippen LogP contribution in [0.5, 0.6) is 0 Å². The van der Waals surface area contributed by atoms with Crippen LogP contribution in [0.3, 0.4) is 0 Å². The Morgan fingerprint density at radius 2 is 2.28 bits per heavy atom. The molecule has 0 bridgehead atoms. The van der Waals surface area contributed by atoms with Gasteiger partial charge in [0.05, 0.1) is 13.0 Å². The van der Waals surface area contributed by atoms with Crippen molar-refractivity contribution >= 4 is 32.9 Å². The second-order valence-electron chi connectivity index (χ2n) is 4.16. The van der Waals surface area contributed by atoms with Gasteiger partial charge >= 0.3 is 5.97 Å². The number of aryl methyl sites for hydroxylation is 1. The number of aromatic nitrogens is 2.